The molecular weight excluding hydrogens is 291 g/mol. The van der Waals surface area contributed by atoms with Crippen molar-refractivity contribution in [2.24, 2.45) is 0 Å². The third-order valence-electron chi connectivity index (χ3n) is 3.73. The number of hydrogen-bond acceptors (Lipinski definition) is 2. The van der Waals surface area contributed by atoms with Crippen LogP contribution in [0.5, 0.6) is 0 Å². The number of nitrogen functional groups attached to an aromatic ring is 1. The molecule has 1 fully saturated rings. The van der Waals surface area contributed by atoms with Gasteiger partial charge in [0.05, 0.1) is 15.7 Å². The van der Waals surface area contributed by atoms with Gasteiger partial charge in [0.2, 0.25) is 0 Å². The highest BCUT2D eigenvalue weighted by atomic mass is 35.5. The molecular formula is C16H16Cl2N2. The van der Waals surface area contributed by atoms with Crippen molar-refractivity contribution in [1.29, 1.82) is 0 Å². The van der Waals surface area contributed by atoms with Gasteiger partial charge in [-0.3, -0.25) is 0 Å². The Kier molecular flexibility index (Phi) is 3.88. The van der Waals surface area contributed by atoms with E-state index in [0.29, 0.717) is 27.7 Å². The van der Waals surface area contributed by atoms with Gasteiger partial charge in [0.1, 0.15) is 0 Å². The number of halogens is 2. The van der Waals surface area contributed by atoms with E-state index in [2.05, 4.69) is 29.6 Å². The molecule has 0 aliphatic heterocycles. The summed E-state index contributed by atoms with van der Waals surface area (Å²) in [5.74, 6) is 0.621. The highest BCUT2D eigenvalue weighted by Crippen LogP contribution is 2.40. The molecule has 0 aromatic heterocycles. The summed E-state index contributed by atoms with van der Waals surface area (Å²) >= 11 is 12.1. The fourth-order valence-electron chi connectivity index (χ4n) is 2.48. The number of rotatable bonds is 4. The average Bonchev–Trinajstić information content (AvgIpc) is 3.23. The largest absolute Gasteiger partial charge is 0.396 e. The molecule has 4 heteroatoms. The van der Waals surface area contributed by atoms with Crippen LogP contribution >= 0.6 is 23.2 Å². The number of hydrogen-bond donors (Lipinski definition) is 2. The minimum Gasteiger partial charge on any atom is -0.396 e. The van der Waals surface area contributed by atoms with Gasteiger partial charge in [-0.25, -0.2) is 0 Å². The lowest BCUT2D eigenvalue weighted by molar-refractivity contribution is 0.673. The van der Waals surface area contributed by atoms with Gasteiger partial charge in [0, 0.05) is 18.5 Å². The number of benzene rings is 2. The quantitative estimate of drug-likeness (QED) is 0.830. The summed E-state index contributed by atoms with van der Waals surface area (Å²) in [5.41, 5.74) is 8.65. The minimum atomic E-state index is 0.450. The molecule has 1 aliphatic rings. The second-order valence-corrected chi connectivity index (χ2v) is 6.03. The van der Waals surface area contributed by atoms with Gasteiger partial charge in [-0.05, 0) is 29.7 Å². The highest BCUT2D eigenvalue weighted by Gasteiger charge is 2.37. The maximum atomic E-state index is 6.04. The Hall–Kier alpha value is -1.22. The van der Waals surface area contributed by atoms with Gasteiger partial charge in [-0.1, -0.05) is 53.5 Å². The SMILES string of the molecule is Nc1c(Cl)cc(CNC2CC2c2ccccc2)cc1Cl. The van der Waals surface area contributed by atoms with Crippen LogP contribution in [0, 0.1) is 0 Å². The molecule has 2 unspecified atom stereocenters. The molecule has 0 heterocycles. The summed E-state index contributed by atoms with van der Waals surface area (Å²) in [5, 5.41) is 4.57. The van der Waals surface area contributed by atoms with Crippen LogP contribution in [-0.2, 0) is 6.54 Å². The number of anilines is 1. The van der Waals surface area contributed by atoms with E-state index in [9.17, 15) is 0 Å². The van der Waals surface area contributed by atoms with Gasteiger partial charge in [0.25, 0.3) is 0 Å². The molecule has 2 aromatic carbocycles. The lowest BCUT2D eigenvalue weighted by Crippen LogP contribution is -2.17. The standard InChI is InChI=1S/C16H16Cl2N2/c17-13-6-10(7-14(18)16(13)19)9-20-15-8-12(15)11-4-2-1-3-5-11/h1-7,12,15,20H,8-9,19H2. The molecule has 1 aliphatic carbocycles. The average molecular weight is 307 g/mol. The molecule has 3 rings (SSSR count). The van der Waals surface area contributed by atoms with Gasteiger partial charge in [-0.2, -0.15) is 0 Å². The molecule has 3 N–H and O–H groups in total. The summed E-state index contributed by atoms with van der Waals surface area (Å²) in [6.45, 7) is 0.758. The molecule has 20 heavy (non-hydrogen) atoms. The maximum absolute atomic E-state index is 6.04. The molecule has 0 saturated heterocycles. The monoisotopic (exact) mass is 306 g/mol. The molecule has 0 amide bonds. The van der Waals surface area contributed by atoms with Gasteiger partial charge in [-0.15, -0.1) is 0 Å². The van der Waals surface area contributed by atoms with Gasteiger partial charge >= 0.3 is 0 Å². The summed E-state index contributed by atoms with van der Waals surface area (Å²) in [7, 11) is 0. The molecule has 2 nitrogen and oxygen atoms in total. The zero-order chi connectivity index (χ0) is 14.1. The normalized spacial score (nSPS) is 20.9. The summed E-state index contributed by atoms with van der Waals surface area (Å²) in [6, 6.07) is 14.9. The zero-order valence-electron chi connectivity index (χ0n) is 10.9. The Bertz CT molecular complexity index is 590. The van der Waals surface area contributed by atoms with Crippen molar-refractivity contribution in [3.63, 3.8) is 0 Å². The number of nitrogens with one attached hydrogen (secondary N) is 1. The smallest absolute Gasteiger partial charge is 0.0693 e. The summed E-state index contributed by atoms with van der Waals surface area (Å²) < 4.78 is 0. The molecule has 1 saturated carbocycles. The predicted molar refractivity (Wildman–Crippen MR) is 85.3 cm³/mol. The zero-order valence-corrected chi connectivity index (χ0v) is 12.5. The van der Waals surface area contributed by atoms with E-state index in [0.717, 1.165) is 12.1 Å². The highest BCUT2D eigenvalue weighted by molar-refractivity contribution is 6.38. The molecule has 0 radical (unpaired) electrons. The Labute approximate surface area is 128 Å². The van der Waals surface area contributed by atoms with Crippen molar-refractivity contribution in [2.45, 2.75) is 24.9 Å². The molecule has 0 spiro atoms. The first-order valence-electron chi connectivity index (χ1n) is 6.67. The Morgan fingerprint density at radius 1 is 1.10 bits per heavy atom. The van der Waals surface area contributed by atoms with Crippen LogP contribution in [0.3, 0.4) is 0 Å². The third-order valence-corrected chi connectivity index (χ3v) is 4.35. The fraction of sp³-hybridized carbons (Fsp3) is 0.250. The van der Waals surface area contributed by atoms with Crippen LogP contribution in [0.1, 0.15) is 23.5 Å². The molecule has 104 valence electrons. The van der Waals surface area contributed by atoms with E-state index in [1.54, 1.807) is 0 Å². The molecule has 2 aromatic rings. The summed E-state index contributed by atoms with van der Waals surface area (Å²) in [4.78, 5) is 0. The lowest BCUT2D eigenvalue weighted by Gasteiger charge is -2.08. The molecule has 0 bridgehead atoms. The second-order valence-electron chi connectivity index (χ2n) is 5.21. The number of nitrogens with two attached hydrogens (primary N) is 1. The van der Waals surface area contributed by atoms with E-state index < -0.39 is 0 Å². The Balaban J connectivity index is 1.59. The fourth-order valence-corrected chi connectivity index (χ4v) is 3.01. The van der Waals surface area contributed by atoms with Gasteiger partial charge in [0.15, 0.2) is 0 Å². The van der Waals surface area contributed by atoms with E-state index >= 15 is 0 Å². The summed E-state index contributed by atoms with van der Waals surface area (Å²) in [6.07, 6.45) is 1.18. The van der Waals surface area contributed by atoms with Crippen molar-refractivity contribution in [2.75, 3.05) is 5.73 Å². The van der Waals surface area contributed by atoms with E-state index in [-0.39, 0.29) is 0 Å². The first-order chi connectivity index (χ1) is 9.65. The van der Waals surface area contributed by atoms with Crippen molar-refractivity contribution in [1.82, 2.24) is 5.32 Å². The van der Waals surface area contributed by atoms with Crippen molar-refractivity contribution in [3.05, 3.63) is 63.6 Å². The first-order valence-corrected chi connectivity index (χ1v) is 7.42. The second kappa shape index (κ2) is 5.65. The lowest BCUT2D eigenvalue weighted by atomic mass is 10.1. The van der Waals surface area contributed by atoms with E-state index in [1.807, 2.05) is 18.2 Å². The van der Waals surface area contributed by atoms with E-state index in [4.69, 9.17) is 28.9 Å². The predicted octanol–water partition coefficient (Wildman–Crippen LogP) is 4.22. The van der Waals surface area contributed by atoms with E-state index in [1.165, 1.54) is 12.0 Å². The van der Waals surface area contributed by atoms with Crippen molar-refractivity contribution >= 4 is 28.9 Å². The topological polar surface area (TPSA) is 38.0 Å². The van der Waals surface area contributed by atoms with Crippen LogP contribution in [0.15, 0.2) is 42.5 Å². The van der Waals surface area contributed by atoms with Crippen molar-refractivity contribution < 1.29 is 0 Å². The molecule has 2 atom stereocenters. The van der Waals surface area contributed by atoms with Crippen LogP contribution in [0.2, 0.25) is 10.0 Å². The van der Waals surface area contributed by atoms with Crippen LogP contribution in [0.25, 0.3) is 0 Å². The Morgan fingerprint density at radius 2 is 1.75 bits per heavy atom. The van der Waals surface area contributed by atoms with Crippen LogP contribution < -0.4 is 11.1 Å². The first kappa shape index (κ1) is 13.7. The minimum absolute atomic E-state index is 0.450. The van der Waals surface area contributed by atoms with Crippen LogP contribution in [0.4, 0.5) is 5.69 Å². The van der Waals surface area contributed by atoms with Gasteiger partial charge < -0.3 is 11.1 Å². The van der Waals surface area contributed by atoms with Crippen LogP contribution in [-0.4, -0.2) is 6.04 Å². The van der Waals surface area contributed by atoms with Crippen molar-refractivity contribution in [3.8, 4) is 0 Å². The third kappa shape index (κ3) is 2.93. The maximum Gasteiger partial charge on any atom is 0.0693 e. The Morgan fingerprint density at radius 3 is 2.40 bits per heavy atom.